The number of hydrogen-bond donors (Lipinski definition) is 1. The molecule has 2 aromatic heterocycles. The molecular weight excluding hydrogens is 234 g/mol. The Labute approximate surface area is 102 Å². The highest BCUT2D eigenvalue weighted by Crippen LogP contribution is 2.28. The molecule has 2 heterocycles. The molecule has 0 unspecified atom stereocenters. The molecule has 0 saturated carbocycles. The van der Waals surface area contributed by atoms with E-state index in [0.29, 0.717) is 10.9 Å². The molecular formula is C12H9N3OS. The monoisotopic (exact) mass is 243 g/mol. The van der Waals surface area contributed by atoms with Crippen molar-refractivity contribution in [1.29, 1.82) is 0 Å². The van der Waals surface area contributed by atoms with Crippen molar-refractivity contribution < 1.29 is 4.42 Å². The van der Waals surface area contributed by atoms with E-state index >= 15 is 0 Å². The quantitative estimate of drug-likeness (QED) is 0.749. The van der Waals surface area contributed by atoms with E-state index in [-0.39, 0.29) is 0 Å². The Bertz CT molecular complexity index is 615. The Morgan fingerprint density at radius 2 is 2.00 bits per heavy atom. The van der Waals surface area contributed by atoms with Gasteiger partial charge in [-0.15, -0.1) is 0 Å². The maximum atomic E-state index is 5.58. The van der Waals surface area contributed by atoms with Crippen molar-refractivity contribution in [2.45, 2.75) is 10.2 Å². The van der Waals surface area contributed by atoms with Gasteiger partial charge >= 0.3 is 0 Å². The van der Waals surface area contributed by atoms with Gasteiger partial charge in [-0.1, -0.05) is 12.1 Å². The number of rotatable bonds is 2. The minimum atomic E-state index is 0.587. The molecule has 84 valence electrons. The maximum Gasteiger partial charge on any atom is 0.263 e. The lowest BCUT2D eigenvalue weighted by atomic mass is 10.3. The predicted molar refractivity (Wildman–Crippen MR) is 66.8 cm³/mol. The van der Waals surface area contributed by atoms with Gasteiger partial charge in [0.15, 0.2) is 5.58 Å². The second kappa shape index (κ2) is 4.10. The summed E-state index contributed by atoms with van der Waals surface area (Å²) < 4.78 is 5.58. The summed E-state index contributed by atoms with van der Waals surface area (Å²) in [5.74, 6) is 0. The Hall–Kier alpha value is -2.01. The fourth-order valence-corrected chi connectivity index (χ4v) is 2.13. The summed E-state index contributed by atoms with van der Waals surface area (Å²) in [6, 6.07) is 11.3. The van der Waals surface area contributed by atoms with Crippen molar-refractivity contribution in [1.82, 2.24) is 9.97 Å². The highest BCUT2D eigenvalue weighted by molar-refractivity contribution is 7.99. The lowest BCUT2D eigenvalue weighted by Gasteiger charge is -1.95. The largest absolute Gasteiger partial charge is 0.431 e. The maximum absolute atomic E-state index is 5.58. The Morgan fingerprint density at radius 1 is 1.12 bits per heavy atom. The van der Waals surface area contributed by atoms with Crippen LogP contribution in [0.1, 0.15) is 0 Å². The average Bonchev–Trinajstić information content (AvgIpc) is 2.74. The summed E-state index contributed by atoms with van der Waals surface area (Å²) in [6.45, 7) is 0. The molecule has 0 fully saturated rings. The molecule has 3 aromatic rings. The Kier molecular flexibility index (Phi) is 2.45. The van der Waals surface area contributed by atoms with Crippen LogP contribution < -0.4 is 5.73 Å². The summed E-state index contributed by atoms with van der Waals surface area (Å²) in [4.78, 5) is 8.54. The number of nitrogens with two attached hydrogens (primary N) is 1. The van der Waals surface area contributed by atoms with Crippen molar-refractivity contribution in [3.8, 4) is 0 Å². The van der Waals surface area contributed by atoms with Gasteiger partial charge in [0.1, 0.15) is 10.5 Å². The van der Waals surface area contributed by atoms with Crippen LogP contribution in [0.2, 0.25) is 0 Å². The zero-order valence-electron chi connectivity index (χ0n) is 8.83. The normalized spacial score (nSPS) is 10.8. The number of oxazole rings is 1. The van der Waals surface area contributed by atoms with Crippen LogP contribution in [-0.4, -0.2) is 9.97 Å². The van der Waals surface area contributed by atoms with Crippen LogP contribution in [0.25, 0.3) is 11.1 Å². The number of nitrogen functional groups attached to an aromatic ring is 1. The van der Waals surface area contributed by atoms with Crippen LogP contribution in [0.5, 0.6) is 0 Å². The summed E-state index contributed by atoms with van der Waals surface area (Å²) in [7, 11) is 0. The summed E-state index contributed by atoms with van der Waals surface area (Å²) in [6.07, 6.45) is 1.62. The van der Waals surface area contributed by atoms with E-state index in [1.165, 1.54) is 11.8 Å². The first kappa shape index (κ1) is 10.2. The second-order valence-corrected chi connectivity index (χ2v) is 4.45. The summed E-state index contributed by atoms with van der Waals surface area (Å²) in [5.41, 5.74) is 7.85. The topological polar surface area (TPSA) is 64.9 Å². The van der Waals surface area contributed by atoms with Crippen LogP contribution >= 0.6 is 11.8 Å². The number of benzene rings is 1. The van der Waals surface area contributed by atoms with Gasteiger partial charge in [0.2, 0.25) is 0 Å². The number of aromatic nitrogens is 2. The Morgan fingerprint density at radius 3 is 2.76 bits per heavy atom. The van der Waals surface area contributed by atoms with Gasteiger partial charge in [0.05, 0.1) is 11.9 Å². The minimum Gasteiger partial charge on any atom is -0.431 e. The van der Waals surface area contributed by atoms with Crippen LogP contribution in [0, 0.1) is 0 Å². The van der Waals surface area contributed by atoms with E-state index in [4.69, 9.17) is 10.2 Å². The van der Waals surface area contributed by atoms with Crippen molar-refractivity contribution in [2.75, 3.05) is 5.73 Å². The highest BCUT2D eigenvalue weighted by Gasteiger charge is 2.07. The lowest BCUT2D eigenvalue weighted by molar-refractivity contribution is 0.489. The third kappa shape index (κ3) is 2.09. The first-order valence-corrected chi connectivity index (χ1v) is 5.88. The molecule has 17 heavy (non-hydrogen) atoms. The molecule has 1 aromatic carbocycles. The van der Waals surface area contributed by atoms with Gasteiger partial charge in [0, 0.05) is 0 Å². The molecule has 0 spiro atoms. The molecule has 4 nitrogen and oxygen atoms in total. The minimum absolute atomic E-state index is 0.587. The van der Waals surface area contributed by atoms with Gasteiger partial charge in [-0.2, -0.15) is 0 Å². The zero-order chi connectivity index (χ0) is 11.7. The van der Waals surface area contributed by atoms with Gasteiger partial charge in [-0.05, 0) is 36.0 Å². The number of pyridine rings is 1. The smallest absolute Gasteiger partial charge is 0.263 e. The number of para-hydroxylation sites is 2. The molecule has 2 N–H and O–H groups in total. The number of hydrogen-bond acceptors (Lipinski definition) is 5. The second-order valence-electron chi connectivity index (χ2n) is 3.48. The van der Waals surface area contributed by atoms with Gasteiger partial charge < -0.3 is 10.2 Å². The molecule has 0 bridgehead atoms. The predicted octanol–water partition coefficient (Wildman–Crippen LogP) is 2.96. The van der Waals surface area contributed by atoms with Gasteiger partial charge in [-0.3, -0.25) is 0 Å². The van der Waals surface area contributed by atoms with Crippen molar-refractivity contribution in [3.63, 3.8) is 0 Å². The Balaban J connectivity index is 1.92. The van der Waals surface area contributed by atoms with E-state index in [9.17, 15) is 0 Å². The van der Waals surface area contributed by atoms with E-state index < -0.39 is 0 Å². The molecule has 0 amide bonds. The van der Waals surface area contributed by atoms with Crippen LogP contribution in [0.3, 0.4) is 0 Å². The van der Waals surface area contributed by atoms with Crippen LogP contribution in [0.15, 0.2) is 57.3 Å². The molecule has 0 aliphatic carbocycles. The number of fused-ring (bicyclic) bond motifs is 1. The molecule has 5 heteroatoms. The SMILES string of the molecule is Nc1ccc(Sc2nc3ccccc3o2)nc1. The zero-order valence-corrected chi connectivity index (χ0v) is 9.65. The van der Waals surface area contributed by atoms with E-state index in [1.807, 2.05) is 30.3 Å². The van der Waals surface area contributed by atoms with E-state index in [0.717, 1.165) is 16.1 Å². The third-order valence-corrected chi connectivity index (χ3v) is 3.03. The molecule has 0 aliphatic rings. The van der Waals surface area contributed by atoms with Gasteiger partial charge in [0.25, 0.3) is 5.22 Å². The highest BCUT2D eigenvalue weighted by atomic mass is 32.2. The number of nitrogens with zero attached hydrogens (tertiary/aromatic N) is 2. The first-order chi connectivity index (χ1) is 8.31. The molecule has 0 aliphatic heterocycles. The lowest BCUT2D eigenvalue weighted by Crippen LogP contribution is -1.86. The summed E-state index contributed by atoms with van der Waals surface area (Å²) >= 11 is 1.38. The van der Waals surface area contributed by atoms with E-state index in [2.05, 4.69) is 9.97 Å². The van der Waals surface area contributed by atoms with Crippen molar-refractivity contribution in [2.24, 2.45) is 0 Å². The van der Waals surface area contributed by atoms with Crippen molar-refractivity contribution >= 4 is 28.5 Å². The third-order valence-electron chi connectivity index (χ3n) is 2.23. The summed E-state index contributed by atoms with van der Waals surface area (Å²) in [5, 5.41) is 1.40. The fourth-order valence-electron chi connectivity index (χ4n) is 1.44. The van der Waals surface area contributed by atoms with E-state index in [1.54, 1.807) is 12.3 Å². The average molecular weight is 243 g/mol. The molecule has 0 radical (unpaired) electrons. The molecule has 3 rings (SSSR count). The van der Waals surface area contributed by atoms with Gasteiger partial charge in [-0.25, -0.2) is 9.97 Å². The standard InChI is InChI=1S/C12H9N3OS/c13-8-5-6-11(14-7-8)17-12-15-9-3-1-2-4-10(9)16-12/h1-7H,13H2. The van der Waals surface area contributed by atoms with Crippen LogP contribution in [0.4, 0.5) is 5.69 Å². The molecule has 0 atom stereocenters. The van der Waals surface area contributed by atoms with Crippen molar-refractivity contribution in [3.05, 3.63) is 42.6 Å². The first-order valence-electron chi connectivity index (χ1n) is 5.06. The van der Waals surface area contributed by atoms with Crippen LogP contribution in [-0.2, 0) is 0 Å². The fraction of sp³-hybridized carbons (Fsp3) is 0. The molecule has 0 saturated heterocycles. The number of anilines is 1.